The first-order valence-electron chi connectivity index (χ1n) is 5.01. The Balaban J connectivity index is 2.49. The van der Waals surface area contributed by atoms with Gasteiger partial charge in [0.15, 0.2) is 11.6 Å². The van der Waals surface area contributed by atoms with Crippen molar-refractivity contribution in [2.24, 2.45) is 5.92 Å². The number of hydrogen-bond acceptors (Lipinski definition) is 2. The summed E-state index contributed by atoms with van der Waals surface area (Å²) in [6, 6.07) is 0. The molecular formula is C12H14O2. The van der Waals surface area contributed by atoms with E-state index in [-0.39, 0.29) is 11.6 Å². The Hall–Kier alpha value is -1.18. The zero-order valence-corrected chi connectivity index (χ0v) is 8.81. The smallest absolute Gasteiger partial charge is 0.185 e. The molecule has 74 valence electrons. The van der Waals surface area contributed by atoms with E-state index in [1.807, 2.05) is 0 Å². The van der Waals surface area contributed by atoms with Crippen LogP contribution in [-0.4, -0.2) is 11.6 Å². The third kappa shape index (κ3) is 1.10. The standard InChI is InChI=1S/C12H14O2/c1-6-4-9-10(5-6)12(14)8(3)7(2)11(9)13/h6H,4-5H2,1-3H3. The van der Waals surface area contributed by atoms with Gasteiger partial charge in [-0.2, -0.15) is 0 Å². The quantitative estimate of drug-likeness (QED) is 0.549. The minimum atomic E-state index is 0.0986. The molecule has 0 N–H and O–H groups in total. The lowest BCUT2D eigenvalue weighted by Crippen LogP contribution is -2.18. The molecule has 2 aliphatic carbocycles. The number of hydrogen-bond donors (Lipinski definition) is 0. The number of carbonyl (C=O) groups excluding carboxylic acids is 2. The monoisotopic (exact) mass is 190 g/mol. The van der Waals surface area contributed by atoms with E-state index in [0.29, 0.717) is 17.1 Å². The molecule has 0 heterocycles. The van der Waals surface area contributed by atoms with Gasteiger partial charge < -0.3 is 0 Å². The second-order valence-corrected chi connectivity index (χ2v) is 4.38. The summed E-state index contributed by atoms with van der Waals surface area (Å²) in [5.41, 5.74) is 2.85. The van der Waals surface area contributed by atoms with E-state index in [1.165, 1.54) is 0 Å². The maximum absolute atomic E-state index is 11.8. The van der Waals surface area contributed by atoms with Crippen LogP contribution in [-0.2, 0) is 9.59 Å². The van der Waals surface area contributed by atoms with Crippen molar-refractivity contribution in [3.63, 3.8) is 0 Å². The molecule has 0 atom stereocenters. The first-order valence-corrected chi connectivity index (χ1v) is 5.01. The molecule has 0 unspecified atom stereocenters. The Bertz CT molecular complexity index is 361. The second kappa shape index (κ2) is 2.91. The highest BCUT2D eigenvalue weighted by atomic mass is 16.1. The zero-order chi connectivity index (χ0) is 10.5. The van der Waals surface area contributed by atoms with Crippen LogP contribution >= 0.6 is 0 Å². The molecule has 0 amide bonds. The fourth-order valence-corrected chi connectivity index (χ4v) is 2.27. The molecule has 0 aromatic rings. The van der Waals surface area contributed by atoms with Gasteiger partial charge >= 0.3 is 0 Å². The normalized spacial score (nSPS) is 23.6. The molecule has 2 heteroatoms. The molecule has 0 saturated heterocycles. The van der Waals surface area contributed by atoms with Gasteiger partial charge in [0.25, 0.3) is 0 Å². The number of ketones is 2. The van der Waals surface area contributed by atoms with E-state index < -0.39 is 0 Å². The maximum Gasteiger partial charge on any atom is 0.185 e. The minimum Gasteiger partial charge on any atom is -0.289 e. The van der Waals surface area contributed by atoms with Gasteiger partial charge in [-0.15, -0.1) is 0 Å². The third-order valence-electron chi connectivity index (χ3n) is 3.26. The average molecular weight is 190 g/mol. The summed E-state index contributed by atoms with van der Waals surface area (Å²) in [5, 5.41) is 0. The molecule has 2 aliphatic rings. The lowest BCUT2D eigenvalue weighted by atomic mass is 9.87. The van der Waals surface area contributed by atoms with E-state index in [0.717, 1.165) is 24.0 Å². The van der Waals surface area contributed by atoms with Crippen LogP contribution in [0.2, 0.25) is 0 Å². The third-order valence-corrected chi connectivity index (χ3v) is 3.26. The molecule has 2 rings (SSSR count). The van der Waals surface area contributed by atoms with Gasteiger partial charge in [0, 0.05) is 22.3 Å². The Kier molecular flexibility index (Phi) is 1.95. The fourth-order valence-electron chi connectivity index (χ4n) is 2.27. The predicted molar refractivity (Wildman–Crippen MR) is 53.8 cm³/mol. The number of Topliss-reactive ketones (excluding diaryl/α,β-unsaturated/α-hetero) is 2. The van der Waals surface area contributed by atoms with E-state index >= 15 is 0 Å². The fraction of sp³-hybridized carbons (Fsp3) is 0.500. The van der Waals surface area contributed by atoms with Crippen molar-refractivity contribution in [3.8, 4) is 0 Å². The molecular weight excluding hydrogens is 176 g/mol. The van der Waals surface area contributed by atoms with Crippen molar-refractivity contribution < 1.29 is 9.59 Å². The van der Waals surface area contributed by atoms with Crippen molar-refractivity contribution in [1.82, 2.24) is 0 Å². The Morgan fingerprint density at radius 2 is 1.29 bits per heavy atom. The van der Waals surface area contributed by atoms with Crippen molar-refractivity contribution >= 4 is 11.6 Å². The highest BCUT2D eigenvalue weighted by Crippen LogP contribution is 2.38. The van der Waals surface area contributed by atoms with Crippen molar-refractivity contribution in [2.45, 2.75) is 33.6 Å². The largest absolute Gasteiger partial charge is 0.289 e. The molecule has 14 heavy (non-hydrogen) atoms. The van der Waals surface area contributed by atoms with E-state index in [1.54, 1.807) is 13.8 Å². The van der Waals surface area contributed by atoms with Gasteiger partial charge in [-0.05, 0) is 32.6 Å². The molecule has 0 bridgehead atoms. The van der Waals surface area contributed by atoms with Crippen LogP contribution in [0.25, 0.3) is 0 Å². The summed E-state index contributed by atoms with van der Waals surface area (Å²) in [5.74, 6) is 0.648. The summed E-state index contributed by atoms with van der Waals surface area (Å²) < 4.78 is 0. The van der Waals surface area contributed by atoms with Gasteiger partial charge in [-0.1, -0.05) is 6.92 Å². The van der Waals surface area contributed by atoms with E-state index in [4.69, 9.17) is 0 Å². The molecule has 0 radical (unpaired) electrons. The summed E-state index contributed by atoms with van der Waals surface area (Å²) in [6.07, 6.45) is 1.56. The summed E-state index contributed by atoms with van der Waals surface area (Å²) in [4.78, 5) is 23.7. The number of carbonyl (C=O) groups is 2. The van der Waals surface area contributed by atoms with Crippen LogP contribution in [0.5, 0.6) is 0 Å². The second-order valence-electron chi connectivity index (χ2n) is 4.38. The van der Waals surface area contributed by atoms with Crippen LogP contribution in [0.1, 0.15) is 33.6 Å². The molecule has 0 fully saturated rings. The zero-order valence-electron chi connectivity index (χ0n) is 8.81. The maximum atomic E-state index is 11.8. The summed E-state index contributed by atoms with van der Waals surface area (Å²) >= 11 is 0. The van der Waals surface area contributed by atoms with Crippen molar-refractivity contribution in [1.29, 1.82) is 0 Å². The summed E-state index contributed by atoms with van der Waals surface area (Å²) in [7, 11) is 0. The lowest BCUT2D eigenvalue weighted by molar-refractivity contribution is -0.116. The molecule has 0 aromatic carbocycles. The van der Waals surface area contributed by atoms with Crippen LogP contribution in [0.15, 0.2) is 22.3 Å². The first-order chi connectivity index (χ1) is 6.52. The first kappa shape index (κ1) is 9.38. The Morgan fingerprint density at radius 3 is 1.64 bits per heavy atom. The van der Waals surface area contributed by atoms with Crippen molar-refractivity contribution in [2.75, 3.05) is 0 Å². The van der Waals surface area contributed by atoms with Gasteiger partial charge in [0.1, 0.15) is 0 Å². The van der Waals surface area contributed by atoms with Gasteiger partial charge in [-0.25, -0.2) is 0 Å². The van der Waals surface area contributed by atoms with Gasteiger partial charge in [0.05, 0.1) is 0 Å². The van der Waals surface area contributed by atoms with E-state index in [9.17, 15) is 9.59 Å². The van der Waals surface area contributed by atoms with Crippen LogP contribution in [0.4, 0.5) is 0 Å². The summed E-state index contributed by atoms with van der Waals surface area (Å²) in [6.45, 7) is 5.59. The number of rotatable bonds is 0. The highest BCUT2D eigenvalue weighted by molar-refractivity contribution is 6.25. The highest BCUT2D eigenvalue weighted by Gasteiger charge is 2.35. The SMILES string of the molecule is CC1=C(C)C(=O)C2=C(CC(C)C2)C1=O. The van der Waals surface area contributed by atoms with Crippen LogP contribution in [0.3, 0.4) is 0 Å². The predicted octanol–water partition coefficient (Wildman–Crippen LogP) is 2.20. The van der Waals surface area contributed by atoms with Crippen molar-refractivity contribution in [3.05, 3.63) is 22.3 Å². The molecule has 0 spiro atoms. The number of allylic oxidation sites excluding steroid dienone is 4. The van der Waals surface area contributed by atoms with Gasteiger partial charge in [0.2, 0.25) is 0 Å². The lowest BCUT2D eigenvalue weighted by Gasteiger charge is -2.14. The molecule has 2 nitrogen and oxygen atoms in total. The topological polar surface area (TPSA) is 34.1 Å². The molecule has 0 aromatic heterocycles. The molecule has 0 saturated carbocycles. The van der Waals surface area contributed by atoms with Crippen LogP contribution < -0.4 is 0 Å². The Morgan fingerprint density at radius 1 is 0.929 bits per heavy atom. The minimum absolute atomic E-state index is 0.0986. The Labute approximate surface area is 83.7 Å². The van der Waals surface area contributed by atoms with Crippen LogP contribution in [0, 0.1) is 5.92 Å². The molecule has 0 aliphatic heterocycles. The average Bonchev–Trinajstić information content (AvgIpc) is 2.54. The van der Waals surface area contributed by atoms with E-state index in [2.05, 4.69) is 6.92 Å². The van der Waals surface area contributed by atoms with Gasteiger partial charge in [-0.3, -0.25) is 9.59 Å².